The average molecular weight is 413 g/mol. The van der Waals surface area contributed by atoms with Crippen molar-refractivity contribution in [3.05, 3.63) is 55.6 Å². The molecule has 7 heteroatoms. The third kappa shape index (κ3) is 3.79. The van der Waals surface area contributed by atoms with Crippen molar-refractivity contribution in [2.24, 2.45) is 5.92 Å². The van der Waals surface area contributed by atoms with Crippen molar-refractivity contribution in [3.8, 4) is 0 Å². The molecule has 0 aromatic carbocycles. The van der Waals surface area contributed by atoms with E-state index in [1.807, 2.05) is 22.0 Å². The Morgan fingerprint density at radius 2 is 2.00 bits per heavy atom. The molecule has 3 aliphatic heterocycles. The van der Waals surface area contributed by atoms with Crippen LogP contribution in [0.3, 0.4) is 0 Å². The van der Waals surface area contributed by atoms with Crippen LogP contribution in [0.1, 0.15) is 34.0 Å². The van der Waals surface area contributed by atoms with E-state index < -0.39 is 0 Å². The average Bonchev–Trinajstić information content (AvgIpc) is 3.09. The number of piperidine rings is 1. The molecule has 5 rings (SSSR count). The highest BCUT2D eigenvalue weighted by Gasteiger charge is 2.35. The van der Waals surface area contributed by atoms with Gasteiger partial charge in [-0.25, -0.2) is 0 Å². The van der Waals surface area contributed by atoms with Gasteiger partial charge in [0.2, 0.25) is 5.91 Å². The van der Waals surface area contributed by atoms with E-state index in [0.29, 0.717) is 31.5 Å². The van der Waals surface area contributed by atoms with Gasteiger partial charge >= 0.3 is 0 Å². The van der Waals surface area contributed by atoms with Crippen LogP contribution < -0.4 is 10.9 Å². The van der Waals surface area contributed by atoms with Crippen molar-refractivity contribution in [1.82, 2.24) is 19.7 Å². The maximum atomic E-state index is 13.2. The number of hydrogen-bond donors (Lipinski definition) is 1. The molecule has 6 nitrogen and oxygen atoms in total. The number of aromatic nitrogens is 1. The SMILES string of the molecule is Cc1ccsc1CN1C[C@@H]2C[C@H](C1)c1ccc(CN3CCNC(=O)C3)c(=O)n1C2. The lowest BCUT2D eigenvalue weighted by molar-refractivity contribution is -0.124. The quantitative estimate of drug-likeness (QED) is 0.832. The highest BCUT2D eigenvalue weighted by molar-refractivity contribution is 7.10. The molecule has 3 aliphatic rings. The number of piperazine rings is 1. The molecular formula is C22H28N4O2S. The van der Waals surface area contributed by atoms with Crippen LogP contribution in [0, 0.1) is 12.8 Å². The second-order valence-corrected chi connectivity index (χ2v) is 9.78. The summed E-state index contributed by atoms with van der Waals surface area (Å²) in [5.41, 5.74) is 3.54. The summed E-state index contributed by atoms with van der Waals surface area (Å²) in [6, 6.07) is 6.37. The summed E-state index contributed by atoms with van der Waals surface area (Å²) in [5, 5.41) is 5.02. The number of rotatable bonds is 4. The highest BCUT2D eigenvalue weighted by Crippen LogP contribution is 2.36. The van der Waals surface area contributed by atoms with Crippen LogP contribution in [0.15, 0.2) is 28.4 Å². The zero-order chi connectivity index (χ0) is 20.0. The minimum atomic E-state index is 0.0462. The largest absolute Gasteiger partial charge is 0.354 e. The monoisotopic (exact) mass is 412 g/mol. The lowest BCUT2D eigenvalue weighted by Crippen LogP contribution is -2.49. The predicted octanol–water partition coefficient (Wildman–Crippen LogP) is 1.77. The number of carbonyl (C=O) groups excluding carboxylic acids is 1. The number of pyridine rings is 1. The van der Waals surface area contributed by atoms with E-state index >= 15 is 0 Å². The number of amides is 1. The molecule has 5 heterocycles. The van der Waals surface area contributed by atoms with E-state index in [4.69, 9.17) is 0 Å². The molecule has 1 N–H and O–H groups in total. The number of nitrogens with zero attached hydrogens (tertiary/aromatic N) is 3. The normalized spacial score (nSPS) is 24.9. The van der Waals surface area contributed by atoms with Gasteiger partial charge in [-0.15, -0.1) is 11.3 Å². The number of nitrogens with one attached hydrogen (secondary N) is 1. The molecule has 0 aliphatic carbocycles. The molecule has 0 unspecified atom stereocenters. The number of aryl methyl sites for hydroxylation is 1. The first kappa shape index (κ1) is 19.0. The van der Waals surface area contributed by atoms with Gasteiger partial charge in [0, 0.05) is 67.9 Å². The van der Waals surface area contributed by atoms with Gasteiger partial charge in [0.15, 0.2) is 0 Å². The topological polar surface area (TPSA) is 57.6 Å². The summed E-state index contributed by atoms with van der Waals surface area (Å²) < 4.78 is 2.03. The Labute approximate surface area is 175 Å². The molecule has 0 spiro atoms. The van der Waals surface area contributed by atoms with Crippen molar-refractivity contribution < 1.29 is 4.79 Å². The van der Waals surface area contributed by atoms with E-state index in [1.54, 1.807) is 0 Å². The summed E-state index contributed by atoms with van der Waals surface area (Å²) in [7, 11) is 0. The Balaban J connectivity index is 1.34. The Morgan fingerprint density at radius 3 is 2.79 bits per heavy atom. The van der Waals surface area contributed by atoms with E-state index in [2.05, 4.69) is 39.6 Å². The molecule has 2 atom stereocenters. The Bertz CT molecular complexity index is 981. The van der Waals surface area contributed by atoms with Crippen molar-refractivity contribution >= 4 is 17.2 Å². The fraction of sp³-hybridized carbons (Fsp3) is 0.545. The molecule has 154 valence electrons. The Hall–Kier alpha value is -1.96. The van der Waals surface area contributed by atoms with Crippen LogP contribution >= 0.6 is 11.3 Å². The Morgan fingerprint density at radius 1 is 1.10 bits per heavy atom. The molecule has 29 heavy (non-hydrogen) atoms. The summed E-state index contributed by atoms with van der Waals surface area (Å²) in [6.45, 7) is 8.53. The fourth-order valence-electron chi connectivity index (χ4n) is 5.18. The lowest BCUT2D eigenvalue weighted by atomic mass is 9.83. The molecule has 2 bridgehead atoms. The predicted molar refractivity (Wildman–Crippen MR) is 114 cm³/mol. The smallest absolute Gasteiger partial charge is 0.255 e. The summed E-state index contributed by atoms with van der Waals surface area (Å²) in [4.78, 5) is 30.9. The van der Waals surface area contributed by atoms with Gasteiger partial charge in [0.25, 0.3) is 5.56 Å². The molecule has 2 saturated heterocycles. The van der Waals surface area contributed by atoms with Crippen LogP contribution in [0.5, 0.6) is 0 Å². The van der Waals surface area contributed by atoms with E-state index in [0.717, 1.165) is 38.3 Å². The van der Waals surface area contributed by atoms with E-state index in [1.165, 1.54) is 22.6 Å². The second kappa shape index (κ2) is 7.70. The summed E-state index contributed by atoms with van der Waals surface area (Å²) >= 11 is 1.85. The third-order valence-corrected chi connectivity index (χ3v) is 7.61. The standard InChI is InChI=1S/C22H28N4O2S/c1-15-4-7-29-20(15)13-25-9-16-8-18(12-25)19-3-2-17(22(28)26(19)10-16)11-24-6-5-23-21(27)14-24/h2-4,7,16,18H,5-6,8-14H2,1H3,(H,23,27)/t16-,18+/m0/s1. The van der Waals surface area contributed by atoms with Gasteiger partial charge in [0.05, 0.1) is 6.54 Å². The number of carbonyl (C=O) groups is 1. The van der Waals surface area contributed by atoms with E-state index in [-0.39, 0.29) is 11.5 Å². The summed E-state index contributed by atoms with van der Waals surface area (Å²) in [6.07, 6.45) is 1.19. The molecule has 1 amide bonds. The van der Waals surface area contributed by atoms with Crippen molar-refractivity contribution in [2.75, 3.05) is 32.7 Å². The lowest BCUT2D eigenvalue weighted by Gasteiger charge is -2.43. The van der Waals surface area contributed by atoms with Crippen LogP contribution in [0.2, 0.25) is 0 Å². The van der Waals surface area contributed by atoms with Gasteiger partial charge in [-0.2, -0.15) is 0 Å². The maximum absolute atomic E-state index is 13.2. The molecule has 2 aromatic heterocycles. The minimum absolute atomic E-state index is 0.0462. The van der Waals surface area contributed by atoms with Crippen molar-refractivity contribution in [2.45, 2.75) is 38.9 Å². The van der Waals surface area contributed by atoms with Gasteiger partial charge < -0.3 is 9.88 Å². The van der Waals surface area contributed by atoms with Gasteiger partial charge in [-0.05, 0) is 42.3 Å². The van der Waals surface area contributed by atoms with Crippen LogP contribution in [-0.2, 0) is 24.4 Å². The van der Waals surface area contributed by atoms with Crippen molar-refractivity contribution in [3.63, 3.8) is 0 Å². The number of fused-ring (bicyclic) bond motifs is 4. The maximum Gasteiger partial charge on any atom is 0.255 e. The first-order chi connectivity index (χ1) is 14.1. The van der Waals surface area contributed by atoms with Gasteiger partial charge in [-0.3, -0.25) is 19.4 Å². The molecule has 2 fully saturated rings. The number of likely N-dealkylation sites (tertiary alicyclic amines) is 1. The molecule has 0 radical (unpaired) electrons. The number of thiophene rings is 1. The van der Waals surface area contributed by atoms with Gasteiger partial charge in [-0.1, -0.05) is 6.07 Å². The van der Waals surface area contributed by atoms with Gasteiger partial charge in [0.1, 0.15) is 0 Å². The highest BCUT2D eigenvalue weighted by atomic mass is 32.1. The molecule has 0 saturated carbocycles. The fourth-order valence-corrected chi connectivity index (χ4v) is 6.12. The van der Waals surface area contributed by atoms with Crippen LogP contribution in [0.25, 0.3) is 0 Å². The second-order valence-electron chi connectivity index (χ2n) is 8.78. The minimum Gasteiger partial charge on any atom is -0.354 e. The van der Waals surface area contributed by atoms with Crippen LogP contribution in [-0.4, -0.2) is 53.0 Å². The third-order valence-electron chi connectivity index (χ3n) is 6.61. The zero-order valence-electron chi connectivity index (χ0n) is 16.9. The summed E-state index contributed by atoms with van der Waals surface area (Å²) in [5.74, 6) is 1.02. The van der Waals surface area contributed by atoms with Crippen LogP contribution in [0.4, 0.5) is 0 Å². The zero-order valence-corrected chi connectivity index (χ0v) is 17.7. The molecule has 2 aromatic rings. The first-order valence-electron chi connectivity index (χ1n) is 10.5. The molecular weight excluding hydrogens is 384 g/mol. The Kier molecular flexibility index (Phi) is 5.05. The number of hydrogen-bond acceptors (Lipinski definition) is 5. The van der Waals surface area contributed by atoms with Crippen molar-refractivity contribution in [1.29, 1.82) is 0 Å². The van der Waals surface area contributed by atoms with E-state index in [9.17, 15) is 9.59 Å². The first-order valence-corrected chi connectivity index (χ1v) is 11.4.